The molecule has 137 valence electrons. The van der Waals surface area contributed by atoms with Crippen molar-refractivity contribution in [3.63, 3.8) is 0 Å². The van der Waals surface area contributed by atoms with Gasteiger partial charge in [0.1, 0.15) is 0 Å². The largest absolute Gasteiger partial charge is 0.305 e. The first-order chi connectivity index (χ1) is 12.7. The van der Waals surface area contributed by atoms with Crippen molar-refractivity contribution >= 4 is 0 Å². The van der Waals surface area contributed by atoms with Gasteiger partial charge in [-0.05, 0) is 25.6 Å². The standard InChI is InChI=1S/C12H11N2.C11H8N.Ir/c1-9-8-13-12(10(2)14-9)11-6-4-3-5-7-11;1-2-6-10(7-3-1)11-8-4-5-9-12-11;/h3-6,8H,1-2H3;1-6,8-9H;/q2*-1;. The van der Waals surface area contributed by atoms with Crippen LogP contribution < -0.4 is 0 Å². The third-order valence-corrected chi connectivity index (χ3v) is 3.68. The molecule has 0 unspecified atom stereocenters. The van der Waals surface area contributed by atoms with Gasteiger partial charge in [-0.1, -0.05) is 12.1 Å². The number of rotatable bonds is 2. The summed E-state index contributed by atoms with van der Waals surface area (Å²) in [6.45, 7) is 3.91. The summed E-state index contributed by atoms with van der Waals surface area (Å²) in [7, 11) is 0. The second-order valence-electron chi connectivity index (χ2n) is 5.71. The van der Waals surface area contributed by atoms with E-state index in [0.29, 0.717) is 0 Å². The maximum absolute atomic E-state index is 4.37. The third-order valence-electron chi connectivity index (χ3n) is 3.68. The van der Waals surface area contributed by atoms with Gasteiger partial charge in [-0.15, -0.1) is 71.8 Å². The molecular weight excluding hydrogens is 510 g/mol. The van der Waals surface area contributed by atoms with Crippen LogP contribution in [0.2, 0.25) is 0 Å². The van der Waals surface area contributed by atoms with Gasteiger partial charge in [0.25, 0.3) is 0 Å². The van der Waals surface area contributed by atoms with Crippen molar-refractivity contribution in [1.82, 2.24) is 15.0 Å². The summed E-state index contributed by atoms with van der Waals surface area (Å²) in [6, 6.07) is 27.8. The summed E-state index contributed by atoms with van der Waals surface area (Å²) >= 11 is 0. The number of aryl methyl sites for hydroxylation is 2. The second-order valence-corrected chi connectivity index (χ2v) is 5.71. The number of hydrogen-bond acceptors (Lipinski definition) is 3. The minimum absolute atomic E-state index is 0. The summed E-state index contributed by atoms with van der Waals surface area (Å²) in [5.41, 5.74) is 5.82. The molecule has 2 aromatic carbocycles. The van der Waals surface area contributed by atoms with Crippen molar-refractivity contribution in [2.75, 3.05) is 0 Å². The Bertz CT molecular complexity index is 905. The van der Waals surface area contributed by atoms with E-state index in [4.69, 9.17) is 0 Å². The van der Waals surface area contributed by atoms with Gasteiger partial charge in [-0.3, -0.25) is 4.98 Å². The average Bonchev–Trinajstić information content (AvgIpc) is 2.71. The molecule has 0 amide bonds. The van der Waals surface area contributed by atoms with Crippen LogP contribution in [-0.4, -0.2) is 15.0 Å². The first-order valence-electron chi connectivity index (χ1n) is 8.39. The summed E-state index contributed by atoms with van der Waals surface area (Å²) in [6.07, 6.45) is 3.57. The normalized spacial score (nSPS) is 9.56. The van der Waals surface area contributed by atoms with Gasteiger partial charge in [-0.2, -0.15) is 0 Å². The van der Waals surface area contributed by atoms with E-state index in [9.17, 15) is 0 Å². The zero-order valence-electron chi connectivity index (χ0n) is 15.2. The van der Waals surface area contributed by atoms with Gasteiger partial charge >= 0.3 is 0 Å². The quantitative estimate of drug-likeness (QED) is 0.339. The molecule has 1 radical (unpaired) electrons. The molecule has 27 heavy (non-hydrogen) atoms. The van der Waals surface area contributed by atoms with Crippen LogP contribution in [0.1, 0.15) is 11.4 Å². The van der Waals surface area contributed by atoms with Crippen LogP contribution in [0.3, 0.4) is 0 Å². The smallest absolute Gasteiger partial charge is 0.0539 e. The number of pyridine rings is 1. The maximum Gasteiger partial charge on any atom is 0.0539 e. The zero-order valence-corrected chi connectivity index (χ0v) is 17.6. The SMILES string of the molecule is Cc1cnc(-c2[c-]cccc2)c(C)n1.[Ir].[c-]1ccccc1-c1ccccn1. The molecule has 0 saturated carbocycles. The molecule has 0 bridgehead atoms. The molecule has 0 spiro atoms. The third kappa shape index (κ3) is 5.92. The van der Waals surface area contributed by atoms with Gasteiger partial charge in [-0.25, -0.2) is 0 Å². The van der Waals surface area contributed by atoms with Crippen LogP contribution in [0.4, 0.5) is 0 Å². The molecule has 0 saturated heterocycles. The van der Waals surface area contributed by atoms with Crippen molar-refractivity contribution in [2.45, 2.75) is 13.8 Å². The Morgan fingerprint density at radius 1 is 0.741 bits per heavy atom. The number of hydrogen-bond donors (Lipinski definition) is 0. The Balaban J connectivity index is 0.000000189. The van der Waals surface area contributed by atoms with Crippen molar-refractivity contribution in [3.8, 4) is 22.5 Å². The van der Waals surface area contributed by atoms with E-state index in [1.165, 1.54) is 0 Å². The number of aromatic nitrogens is 3. The molecule has 2 heterocycles. The van der Waals surface area contributed by atoms with Crippen LogP contribution >= 0.6 is 0 Å². The van der Waals surface area contributed by atoms with Crippen molar-refractivity contribution in [2.24, 2.45) is 0 Å². The molecule has 0 aliphatic carbocycles. The van der Waals surface area contributed by atoms with Gasteiger partial charge < -0.3 is 9.97 Å². The van der Waals surface area contributed by atoms with E-state index in [0.717, 1.165) is 33.9 Å². The van der Waals surface area contributed by atoms with Crippen LogP contribution in [0.15, 0.2) is 79.1 Å². The zero-order chi connectivity index (χ0) is 18.2. The van der Waals surface area contributed by atoms with E-state index >= 15 is 0 Å². The van der Waals surface area contributed by atoms with Crippen molar-refractivity contribution in [1.29, 1.82) is 0 Å². The van der Waals surface area contributed by atoms with E-state index in [1.807, 2.05) is 80.6 Å². The number of nitrogens with zero attached hydrogens (tertiary/aromatic N) is 3. The summed E-state index contributed by atoms with van der Waals surface area (Å²) in [5.74, 6) is 0. The predicted molar refractivity (Wildman–Crippen MR) is 104 cm³/mol. The Hall–Kier alpha value is -2.68. The van der Waals surface area contributed by atoms with Gasteiger partial charge in [0.05, 0.1) is 5.69 Å². The number of benzene rings is 2. The monoisotopic (exact) mass is 530 g/mol. The Morgan fingerprint density at radius 3 is 1.96 bits per heavy atom. The van der Waals surface area contributed by atoms with Gasteiger partial charge in [0.15, 0.2) is 0 Å². The fourth-order valence-corrected chi connectivity index (χ4v) is 2.48. The Kier molecular flexibility index (Phi) is 7.99. The Morgan fingerprint density at radius 2 is 1.41 bits per heavy atom. The van der Waals surface area contributed by atoms with Gasteiger partial charge in [0.2, 0.25) is 0 Å². The average molecular weight is 530 g/mol. The molecule has 4 aromatic rings. The van der Waals surface area contributed by atoms with Crippen LogP contribution in [0, 0.1) is 26.0 Å². The minimum Gasteiger partial charge on any atom is -0.305 e. The van der Waals surface area contributed by atoms with Crippen molar-refractivity contribution in [3.05, 3.63) is 103 Å². The topological polar surface area (TPSA) is 38.7 Å². The minimum atomic E-state index is 0. The summed E-state index contributed by atoms with van der Waals surface area (Å²) < 4.78 is 0. The van der Waals surface area contributed by atoms with Crippen LogP contribution in [0.25, 0.3) is 22.5 Å². The molecule has 4 heteroatoms. The van der Waals surface area contributed by atoms with Crippen LogP contribution in [-0.2, 0) is 20.1 Å². The summed E-state index contributed by atoms with van der Waals surface area (Å²) in [5, 5.41) is 0. The van der Waals surface area contributed by atoms with Gasteiger partial charge in [0, 0.05) is 43.9 Å². The fourth-order valence-electron chi connectivity index (χ4n) is 2.48. The molecule has 0 fully saturated rings. The first kappa shape index (κ1) is 20.6. The maximum atomic E-state index is 4.37. The van der Waals surface area contributed by atoms with E-state index in [2.05, 4.69) is 27.1 Å². The fraction of sp³-hybridized carbons (Fsp3) is 0.0870. The molecule has 0 aliphatic heterocycles. The molecule has 0 N–H and O–H groups in total. The molecule has 0 atom stereocenters. The molecule has 3 nitrogen and oxygen atoms in total. The first-order valence-corrected chi connectivity index (χ1v) is 8.39. The second kappa shape index (κ2) is 10.5. The molecular formula is C23H19IrN3-2. The van der Waals surface area contributed by atoms with Crippen LogP contribution in [0.5, 0.6) is 0 Å². The van der Waals surface area contributed by atoms with Crippen molar-refractivity contribution < 1.29 is 20.1 Å². The van der Waals surface area contributed by atoms with E-state index in [-0.39, 0.29) is 20.1 Å². The molecule has 0 aliphatic rings. The molecule has 4 rings (SSSR count). The van der Waals surface area contributed by atoms with E-state index in [1.54, 1.807) is 12.4 Å². The predicted octanol–water partition coefficient (Wildman–Crippen LogP) is 5.11. The Labute approximate surface area is 173 Å². The van der Waals surface area contributed by atoms with E-state index < -0.39 is 0 Å². The molecule has 2 aromatic heterocycles. The summed E-state index contributed by atoms with van der Waals surface area (Å²) in [4.78, 5) is 12.9.